The molecule has 3 nitrogen and oxygen atoms in total. The second-order valence-corrected chi connectivity index (χ2v) is 6.03. The van der Waals surface area contributed by atoms with Crippen molar-refractivity contribution in [2.45, 2.75) is 25.7 Å². The molecule has 1 aromatic heterocycles. The number of nitrogens with one attached hydrogen (secondary N) is 1. The van der Waals surface area contributed by atoms with Crippen LogP contribution >= 0.6 is 15.9 Å². The lowest BCUT2D eigenvalue weighted by atomic mass is 9.93. The van der Waals surface area contributed by atoms with Gasteiger partial charge in [-0.05, 0) is 48.6 Å². The van der Waals surface area contributed by atoms with E-state index in [1.807, 2.05) is 17.9 Å². The van der Waals surface area contributed by atoms with Crippen LogP contribution in [0, 0.1) is 0 Å². The van der Waals surface area contributed by atoms with Crippen LogP contribution in [-0.4, -0.2) is 22.9 Å². The molecule has 2 rings (SSSR count). The van der Waals surface area contributed by atoms with Crippen molar-refractivity contribution < 1.29 is 0 Å². The number of hydrogen-bond acceptors (Lipinski definition) is 2. The van der Waals surface area contributed by atoms with Gasteiger partial charge in [-0.1, -0.05) is 35.0 Å². The van der Waals surface area contributed by atoms with Crippen LogP contribution in [0.5, 0.6) is 0 Å². The lowest BCUT2D eigenvalue weighted by molar-refractivity contribution is 0.561. The molecule has 2 aromatic rings. The van der Waals surface area contributed by atoms with E-state index < -0.39 is 0 Å². The van der Waals surface area contributed by atoms with Gasteiger partial charge >= 0.3 is 0 Å². The van der Waals surface area contributed by atoms with Gasteiger partial charge in [0.1, 0.15) is 0 Å². The van der Waals surface area contributed by atoms with Crippen molar-refractivity contribution in [2.75, 3.05) is 13.1 Å². The van der Waals surface area contributed by atoms with E-state index in [2.05, 4.69) is 63.7 Å². The summed E-state index contributed by atoms with van der Waals surface area (Å²) in [5.41, 5.74) is 2.71. The molecule has 0 aliphatic heterocycles. The minimum absolute atomic E-state index is 0.545. The molecule has 0 bridgehead atoms. The van der Waals surface area contributed by atoms with Crippen LogP contribution < -0.4 is 5.32 Å². The van der Waals surface area contributed by atoms with Gasteiger partial charge in [0.05, 0.1) is 6.20 Å². The van der Waals surface area contributed by atoms with Crippen LogP contribution in [0.2, 0.25) is 0 Å². The van der Waals surface area contributed by atoms with Gasteiger partial charge in [0.25, 0.3) is 0 Å². The van der Waals surface area contributed by atoms with Crippen LogP contribution in [0.3, 0.4) is 0 Å². The maximum absolute atomic E-state index is 4.24. The highest BCUT2D eigenvalue weighted by Gasteiger charge is 2.11. The molecule has 1 atom stereocenters. The normalized spacial score (nSPS) is 12.6. The standard InChI is InChI=1S/C16H22BrN3/c1-3-18-11-15(14-6-8-16(17)9-7-14)5-4-13-10-19-20(2)12-13/h6-10,12,15,18H,3-5,11H2,1-2H3. The lowest BCUT2D eigenvalue weighted by Gasteiger charge is -2.17. The predicted molar refractivity (Wildman–Crippen MR) is 87.0 cm³/mol. The van der Waals surface area contributed by atoms with Crippen molar-refractivity contribution in [1.29, 1.82) is 0 Å². The molecule has 1 unspecified atom stereocenters. The average Bonchev–Trinajstić information content (AvgIpc) is 2.86. The summed E-state index contributed by atoms with van der Waals surface area (Å²) in [6.45, 7) is 4.19. The zero-order chi connectivity index (χ0) is 14.4. The molecule has 0 aliphatic carbocycles. The Bertz CT molecular complexity index is 519. The Hall–Kier alpha value is -1.13. The molecule has 0 fully saturated rings. The molecule has 0 saturated heterocycles. The van der Waals surface area contributed by atoms with E-state index in [1.54, 1.807) is 0 Å². The molecule has 1 N–H and O–H groups in total. The Morgan fingerprint density at radius 2 is 2.05 bits per heavy atom. The Morgan fingerprint density at radius 1 is 1.30 bits per heavy atom. The summed E-state index contributed by atoms with van der Waals surface area (Å²) in [6.07, 6.45) is 6.28. The van der Waals surface area contributed by atoms with Crippen LogP contribution in [0.15, 0.2) is 41.1 Å². The maximum Gasteiger partial charge on any atom is 0.0521 e. The number of aryl methyl sites for hydroxylation is 2. The summed E-state index contributed by atoms with van der Waals surface area (Å²) >= 11 is 3.50. The van der Waals surface area contributed by atoms with Gasteiger partial charge in [0, 0.05) is 24.3 Å². The Labute approximate surface area is 129 Å². The summed E-state index contributed by atoms with van der Waals surface area (Å²) in [6, 6.07) is 8.68. The molecule has 1 aromatic carbocycles. The van der Waals surface area contributed by atoms with Crippen molar-refractivity contribution in [2.24, 2.45) is 7.05 Å². The van der Waals surface area contributed by atoms with Crippen LogP contribution in [-0.2, 0) is 13.5 Å². The molecule has 4 heteroatoms. The highest BCUT2D eigenvalue weighted by Crippen LogP contribution is 2.23. The topological polar surface area (TPSA) is 29.9 Å². The third-order valence-electron chi connectivity index (χ3n) is 3.52. The molecule has 108 valence electrons. The number of benzene rings is 1. The molecule has 0 radical (unpaired) electrons. The second-order valence-electron chi connectivity index (χ2n) is 5.12. The van der Waals surface area contributed by atoms with E-state index in [0.29, 0.717) is 5.92 Å². The van der Waals surface area contributed by atoms with Gasteiger partial charge in [-0.3, -0.25) is 4.68 Å². The number of nitrogens with zero attached hydrogens (tertiary/aromatic N) is 2. The Morgan fingerprint density at radius 3 is 2.65 bits per heavy atom. The van der Waals surface area contributed by atoms with Crippen LogP contribution in [0.25, 0.3) is 0 Å². The molecule has 0 aliphatic rings. The lowest BCUT2D eigenvalue weighted by Crippen LogP contribution is -2.21. The summed E-state index contributed by atoms with van der Waals surface area (Å²) in [4.78, 5) is 0. The molecule has 0 amide bonds. The number of aromatic nitrogens is 2. The average molecular weight is 336 g/mol. The molecule has 1 heterocycles. The first-order chi connectivity index (χ1) is 9.69. The zero-order valence-corrected chi connectivity index (χ0v) is 13.7. The first-order valence-electron chi connectivity index (χ1n) is 7.12. The Balaban J connectivity index is 2.01. The van der Waals surface area contributed by atoms with Gasteiger partial charge in [0.15, 0.2) is 0 Å². The number of halogens is 1. The van der Waals surface area contributed by atoms with Gasteiger partial charge < -0.3 is 5.32 Å². The van der Waals surface area contributed by atoms with Crippen molar-refractivity contribution in [3.8, 4) is 0 Å². The predicted octanol–water partition coefficient (Wildman–Crippen LogP) is 3.51. The van der Waals surface area contributed by atoms with Crippen molar-refractivity contribution in [3.05, 3.63) is 52.3 Å². The monoisotopic (exact) mass is 335 g/mol. The van der Waals surface area contributed by atoms with Crippen molar-refractivity contribution in [1.82, 2.24) is 15.1 Å². The molecule has 0 spiro atoms. The summed E-state index contributed by atoms with van der Waals surface area (Å²) in [5, 5.41) is 7.71. The highest BCUT2D eigenvalue weighted by molar-refractivity contribution is 9.10. The number of rotatable bonds is 7. The zero-order valence-electron chi connectivity index (χ0n) is 12.1. The fraction of sp³-hybridized carbons (Fsp3) is 0.438. The van der Waals surface area contributed by atoms with E-state index in [9.17, 15) is 0 Å². The van der Waals surface area contributed by atoms with Crippen molar-refractivity contribution in [3.63, 3.8) is 0 Å². The third kappa shape index (κ3) is 4.46. The smallest absolute Gasteiger partial charge is 0.0521 e. The fourth-order valence-corrected chi connectivity index (χ4v) is 2.65. The van der Waals surface area contributed by atoms with Crippen LogP contribution in [0.1, 0.15) is 30.4 Å². The van der Waals surface area contributed by atoms with Gasteiger partial charge in [-0.15, -0.1) is 0 Å². The van der Waals surface area contributed by atoms with E-state index >= 15 is 0 Å². The molecule has 0 saturated carbocycles. The SMILES string of the molecule is CCNCC(CCc1cnn(C)c1)c1ccc(Br)cc1. The van der Waals surface area contributed by atoms with Gasteiger partial charge in [-0.25, -0.2) is 0 Å². The molecule has 20 heavy (non-hydrogen) atoms. The fourth-order valence-electron chi connectivity index (χ4n) is 2.38. The van der Waals surface area contributed by atoms with E-state index in [-0.39, 0.29) is 0 Å². The van der Waals surface area contributed by atoms with E-state index in [4.69, 9.17) is 0 Å². The molecular weight excluding hydrogens is 314 g/mol. The summed E-state index contributed by atoms with van der Waals surface area (Å²) in [5.74, 6) is 0.545. The van der Waals surface area contributed by atoms with E-state index in [0.717, 1.165) is 30.4 Å². The second kappa shape index (κ2) is 7.60. The quantitative estimate of drug-likeness (QED) is 0.839. The summed E-state index contributed by atoms with van der Waals surface area (Å²) < 4.78 is 3.00. The summed E-state index contributed by atoms with van der Waals surface area (Å²) in [7, 11) is 1.97. The van der Waals surface area contributed by atoms with Crippen LogP contribution in [0.4, 0.5) is 0 Å². The highest BCUT2D eigenvalue weighted by atomic mass is 79.9. The van der Waals surface area contributed by atoms with Crippen molar-refractivity contribution >= 4 is 15.9 Å². The first kappa shape index (κ1) is 15.3. The minimum atomic E-state index is 0.545. The maximum atomic E-state index is 4.24. The third-order valence-corrected chi connectivity index (χ3v) is 4.05. The number of likely N-dealkylation sites (N-methyl/N-ethyl adjacent to an activating group) is 1. The first-order valence-corrected chi connectivity index (χ1v) is 7.92. The minimum Gasteiger partial charge on any atom is -0.316 e. The van der Waals surface area contributed by atoms with E-state index in [1.165, 1.54) is 11.1 Å². The van der Waals surface area contributed by atoms with Gasteiger partial charge in [0.2, 0.25) is 0 Å². The van der Waals surface area contributed by atoms with Gasteiger partial charge in [-0.2, -0.15) is 5.10 Å². The Kier molecular flexibility index (Phi) is 5.80. The molecular formula is C16H22BrN3. The number of hydrogen-bond donors (Lipinski definition) is 1. The largest absolute Gasteiger partial charge is 0.316 e.